The minimum absolute atomic E-state index is 0.204. The lowest BCUT2D eigenvalue weighted by molar-refractivity contribution is 0.0953. The SMILES string of the molecule is CCCCC(CC(=O)c1cnc(Br)s1)Cc1c[nH]c2ccccc12.CCCCC(CC(=O)c1cnc(N2CCn3cnnc3C2)s1)Cc1c[nH]c2ccccc12.CCCCC(CC(=O)c1cnc(N2CCn3cnnc3C2)s1)Cc1c[nH]c2ccccc12.c1nnc2n1CCNC2. The second-order valence-corrected chi connectivity index (χ2v) is 29.8. The van der Waals surface area contributed by atoms with Crippen molar-refractivity contribution in [3.8, 4) is 0 Å². The fraction of sp³-hybridized carbons (Fsp3) is 0.417. The van der Waals surface area contributed by atoms with Crippen molar-refractivity contribution in [1.29, 1.82) is 0 Å². The zero-order valence-electron chi connectivity index (χ0n) is 55.4. The van der Waals surface area contributed by atoms with Crippen molar-refractivity contribution in [3.05, 3.63) is 182 Å². The molecule has 0 amide bonds. The Labute approximate surface area is 585 Å². The number of anilines is 2. The number of carbonyl (C=O) groups excluding carboxylic acids is 3. The number of aromatic amines is 3. The topological polar surface area (TPSA) is 248 Å². The highest BCUT2D eigenvalue weighted by atomic mass is 79.9. The fourth-order valence-electron chi connectivity index (χ4n) is 13.2. The van der Waals surface area contributed by atoms with Gasteiger partial charge >= 0.3 is 0 Å². The lowest BCUT2D eigenvalue weighted by Crippen LogP contribution is -2.33. The summed E-state index contributed by atoms with van der Waals surface area (Å²) in [6, 6.07) is 25.1. The number of aromatic nitrogens is 15. The largest absolute Gasteiger partial charge is 0.361 e. The first kappa shape index (κ1) is 68.6. The summed E-state index contributed by atoms with van der Waals surface area (Å²) < 4.78 is 6.97. The summed E-state index contributed by atoms with van der Waals surface area (Å²) in [5.74, 6) is 4.58. The van der Waals surface area contributed by atoms with Gasteiger partial charge in [0.15, 0.2) is 43.2 Å². The Balaban J connectivity index is 0.000000131. The summed E-state index contributed by atoms with van der Waals surface area (Å²) in [5.41, 5.74) is 7.40. The van der Waals surface area contributed by atoms with Gasteiger partial charge in [0, 0.05) is 110 Å². The normalized spacial score (nSPS) is 14.4. The minimum Gasteiger partial charge on any atom is -0.361 e. The number of rotatable bonds is 26. The maximum absolute atomic E-state index is 13.2. The van der Waals surface area contributed by atoms with Crippen LogP contribution in [0.3, 0.4) is 0 Å². The average molecular weight is 1430 g/mol. The quantitative estimate of drug-likeness (QED) is 0.0368. The molecule has 12 heterocycles. The third-order valence-corrected chi connectivity index (χ3v) is 22.2. The third kappa shape index (κ3) is 17.9. The Morgan fingerprint density at radius 2 is 0.866 bits per heavy atom. The van der Waals surface area contributed by atoms with E-state index in [1.165, 1.54) is 72.4 Å². The Hall–Kier alpha value is -8.36. The van der Waals surface area contributed by atoms with E-state index < -0.39 is 0 Å². The lowest BCUT2D eigenvalue weighted by atomic mass is 9.89. The first-order valence-electron chi connectivity index (χ1n) is 34.1. The zero-order valence-corrected chi connectivity index (χ0v) is 59.5. The molecule has 0 bridgehead atoms. The van der Waals surface area contributed by atoms with Crippen LogP contribution in [0.1, 0.15) is 161 Å². The van der Waals surface area contributed by atoms with Gasteiger partial charge in [-0.25, -0.2) is 15.0 Å². The molecule has 9 aromatic heterocycles. The van der Waals surface area contributed by atoms with Crippen LogP contribution in [0.2, 0.25) is 0 Å². The Morgan fingerprint density at radius 3 is 1.26 bits per heavy atom. The number of Topliss-reactive ketones (excluding diaryl/α,β-unsaturated/α-hetero) is 3. The van der Waals surface area contributed by atoms with Gasteiger partial charge in [-0.1, -0.05) is 137 Å². The van der Waals surface area contributed by atoms with E-state index in [2.05, 4.69) is 199 Å². The molecule has 0 radical (unpaired) electrons. The van der Waals surface area contributed by atoms with Gasteiger partial charge in [0.1, 0.15) is 24.8 Å². The molecule has 0 spiro atoms. The average Bonchev–Trinajstić information content (AvgIpc) is 1.74. The molecule has 0 saturated carbocycles. The van der Waals surface area contributed by atoms with Crippen LogP contribution >= 0.6 is 49.9 Å². The number of halogens is 1. The van der Waals surface area contributed by atoms with E-state index in [1.54, 1.807) is 37.6 Å². The van der Waals surface area contributed by atoms with Gasteiger partial charge in [-0.3, -0.25) is 14.4 Å². The van der Waals surface area contributed by atoms with Crippen LogP contribution < -0.4 is 15.1 Å². The molecule has 15 rings (SSSR count). The van der Waals surface area contributed by atoms with Crippen LogP contribution in [0.25, 0.3) is 32.7 Å². The summed E-state index contributed by atoms with van der Waals surface area (Å²) >= 11 is 7.76. The number of hydrogen-bond donors (Lipinski definition) is 4. The molecule has 0 fully saturated rings. The number of carbonyl (C=O) groups is 3. The molecule has 0 aliphatic carbocycles. The number of unbranched alkanes of at least 4 members (excludes halogenated alkanes) is 3. The second-order valence-electron chi connectivity index (χ2n) is 25.4. The molecule has 21 nitrogen and oxygen atoms in total. The number of nitrogens with one attached hydrogen (secondary N) is 4. The second kappa shape index (κ2) is 33.7. The lowest BCUT2D eigenvalue weighted by Gasteiger charge is -2.26. The molecule has 3 aliphatic heterocycles. The number of ketones is 3. The highest BCUT2D eigenvalue weighted by molar-refractivity contribution is 9.11. The van der Waals surface area contributed by atoms with E-state index in [1.807, 2.05) is 18.2 Å². The van der Waals surface area contributed by atoms with E-state index in [0.29, 0.717) is 50.1 Å². The maximum atomic E-state index is 13.2. The smallest absolute Gasteiger partial charge is 0.186 e. The molecular formula is C72H85BrN18O3S3. The molecule has 25 heteroatoms. The molecule has 3 unspecified atom stereocenters. The Bertz CT molecular complexity index is 4280. The highest BCUT2D eigenvalue weighted by Gasteiger charge is 2.27. The van der Waals surface area contributed by atoms with Gasteiger partial charge in [-0.15, -0.1) is 41.9 Å². The van der Waals surface area contributed by atoms with Crippen molar-refractivity contribution in [3.63, 3.8) is 0 Å². The van der Waals surface area contributed by atoms with Crippen molar-refractivity contribution < 1.29 is 14.4 Å². The molecule has 3 aromatic carbocycles. The summed E-state index contributed by atoms with van der Waals surface area (Å²) in [7, 11) is 0. The van der Waals surface area contributed by atoms with Crippen molar-refractivity contribution in [2.75, 3.05) is 29.4 Å². The van der Waals surface area contributed by atoms with Crippen LogP contribution in [0.4, 0.5) is 10.3 Å². The van der Waals surface area contributed by atoms with E-state index in [0.717, 1.165) is 180 Å². The molecule has 4 N–H and O–H groups in total. The van der Waals surface area contributed by atoms with E-state index in [-0.39, 0.29) is 17.3 Å². The highest BCUT2D eigenvalue weighted by Crippen LogP contribution is 2.34. The summed E-state index contributed by atoms with van der Waals surface area (Å²) in [4.78, 5) is 68.9. The number of para-hydroxylation sites is 3. The Kier molecular flexibility index (Phi) is 23.9. The summed E-state index contributed by atoms with van der Waals surface area (Å²) in [6.45, 7) is 14.3. The van der Waals surface area contributed by atoms with Gasteiger partial charge in [0.2, 0.25) is 0 Å². The minimum atomic E-state index is 0.204. The summed E-state index contributed by atoms with van der Waals surface area (Å²) in [5, 5.41) is 32.8. The first-order chi connectivity index (χ1) is 47.6. The number of hydrogen-bond acceptors (Lipinski definition) is 18. The molecule has 12 aromatic rings. The van der Waals surface area contributed by atoms with E-state index in [4.69, 9.17) is 0 Å². The summed E-state index contributed by atoms with van der Waals surface area (Å²) in [6.07, 6.45) is 31.4. The van der Waals surface area contributed by atoms with Crippen molar-refractivity contribution in [1.82, 2.24) is 79.5 Å². The monoisotopic (exact) mass is 1420 g/mol. The zero-order chi connectivity index (χ0) is 66.9. The van der Waals surface area contributed by atoms with Crippen LogP contribution in [0, 0.1) is 17.8 Å². The number of thiazole rings is 3. The number of nitrogens with zero attached hydrogens (tertiary/aromatic N) is 14. The molecular weight excluding hydrogens is 1340 g/mol. The van der Waals surface area contributed by atoms with Gasteiger partial charge in [0.05, 0.1) is 52.9 Å². The van der Waals surface area contributed by atoms with Crippen LogP contribution in [-0.2, 0) is 58.5 Å². The van der Waals surface area contributed by atoms with Gasteiger partial charge in [-0.05, 0) is 107 Å². The molecule has 3 aliphatic rings. The van der Waals surface area contributed by atoms with Crippen LogP contribution in [0.5, 0.6) is 0 Å². The maximum Gasteiger partial charge on any atom is 0.186 e. The Morgan fingerprint density at radius 1 is 0.485 bits per heavy atom. The van der Waals surface area contributed by atoms with E-state index in [9.17, 15) is 14.4 Å². The van der Waals surface area contributed by atoms with Crippen LogP contribution in [-0.4, -0.2) is 111 Å². The van der Waals surface area contributed by atoms with E-state index >= 15 is 0 Å². The standard InChI is InChI=1S/2C24H28N6OS.C19H21BrN2OS.C5H8N4/c2*1-2-3-6-17(11-18-13-25-20-8-5-4-7-19(18)20)12-21(31)22-14-26-24(32-22)29-9-10-30-16-27-28-23(30)15-29;1-2-3-6-13(10-17(23)18-12-22-19(20)24-18)9-14-11-21-16-8-5-4-7-15(14)16;1-2-9-4-7-8-5(9)3-6-1/h2*4-5,7-8,13-14,16-17,25H,2-3,6,9-12,15H2,1H3;4-5,7-8,11-13,21H,2-3,6,9-10H2,1H3;4,6H,1-3H2. The van der Waals surface area contributed by atoms with Gasteiger partial charge in [-0.2, -0.15) is 0 Å². The number of benzene rings is 3. The predicted molar refractivity (Wildman–Crippen MR) is 390 cm³/mol. The van der Waals surface area contributed by atoms with Gasteiger partial charge in [0.25, 0.3) is 0 Å². The molecule has 97 heavy (non-hydrogen) atoms. The van der Waals surface area contributed by atoms with Crippen molar-refractivity contribution in [2.24, 2.45) is 17.8 Å². The molecule has 0 saturated heterocycles. The third-order valence-electron chi connectivity index (χ3n) is 18.5. The fourth-order valence-corrected chi connectivity index (χ4v) is 16.1. The number of H-pyrrole nitrogens is 3. The molecule has 3 atom stereocenters. The van der Waals surface area contributed by atoms with Gasteiger partial charge < -0.3 is 43.8 Å². The van der Waals surface area contributed by atoms with Crippen LogP contribution in [0.15, 0.2) is 133 Å². The van der Waals surface area contributed by atoms with Crippen molar-refractivity contribution in [2.45, 2.75) is 156 Å². The number of fused-ring (bicyclic) bond motifs is 6. The first-order valence-corrected chi connectivity index (χ1v) is 37.4. The molecule has 506 valence electrons. The predicted octanol–water partition coefficient (Wildman–Crippen LogP) is 15.1. The van der Waals surface area contributed by atoms with Crippen molar-refractivity contribution >= 4 is 110 Å².